The Hall–Kier alpha value is -3.43. The van der Waals surface area contributed by atoms with Crippen LogP contribution in [0.25, 0.3) is 0 Å². The highest BCUT2D eigenvalue weighted by Crippen LogP contribution is 2.32. The number of amides is 2. The SMILES string of the molecule is O=C(Nc1nc(C(=O)NC2CCN(Cc3ccccc3)CC2)cs1)c1ccc2c(c1)OCO2. The summed E-state index contributed by atoms with van der Waals surface area (Å²) in [5.74, 6) is 0.624. The molecule has 1 aromatic heterocycles. The number of thiazole rings is 1. The van der Waals surface area contributed by atoms with E-state index >= 15 is 0 Å². The van der Waals surface area contributed by atoms with Gasteiger partial charge in [-0.25, -0.2) is 4.98 Å². The molecule has 0 bridgehead atoms. The molecule has 1 fully saturated rings. The lowest BCUT2D eigenvalue weighted by Gasteiger charge is -2.32. The van der Waals surface area contributed by atoms with Crippen molar-refractivity contribution in [2.75, 3.05) is 25.2 Å². The van der Waals surface area contributed by atoms with Crippen LogP contribution < -0.4 is 20.1 Å². The van der Waals surface area contributed by atoms with Crippen LogP contribution in [0.1, 0.15) is 39.3 Å². The first-order valence-corrected chi connectivity index (χ1v) is 11.8. The molecule has 2 aromatic carbocycles. The van der Waals surface area contributed by atoms with Gasteiger partial charge in [0.2, 0.25) is 6.79 Å². The number of rotatable bonds is 6. The molecule has 0 radical (unpaired) electrons. The molecular weight excluding hydrogens is 440 g/mol. The Balaban J connectivity index is 1.11. The molecule has 0 spiro atoms. The molecule has 0 unspecified atom stereocenters. The maximum absolute atomic E-state index is 12.7. The van der Waals surface area contributed by atoms with Crippen LogP contribution in [0, 0.1) is 0 Å². The van der Waals surface area contributed by atoms with Crippen molar-refractivity contribution in [3.05, 3.63) is 70.7 Å². The van der Waals surface area contributed by atoms with Gasteiger partial charge in [0, 0.05) is 36.6 Å². The van der Waals surface area contributed by atoms with Crippen LogP contribution in [0.4, 0.5) is 5.13 Å². The van der Waals surface area contributed by atoms with Crippen LogP contribution in [0.2, 0.25) is 0 Å². The molecule has 170 valence electrons. The summed E-state index contributed by atoms with van der Waals surface area (Å²) in [7, 11) is 0. The fourth-order valence-corrected chi connectivity index (χ4v) is 4.66. The Morgan fingerprint density at radius 1 is 1.03 bits per heavy atom. The number of ether oxygens (including phenoxy) is 2. The maximum Gasteiger partial charge on any atom is 0.271 e. The number of nitrogens with zero attached hydrogens (tertiary/aromatic N) is 2. The zero-order chi connectivity index (χ0) is 22.6. The first-order valence-electron chi connectivity index (χ1n) is 10.9. The van der Waals surface area contributed by atoms with E-state index in [4.69, 9.17) is 9.47 Å². The molecule has 1 saturated heterocycles. The monoisotopic (exact) mass is 464 g/mol. The number of anilines is 1. The third kappa shape index (κ3) is 5.15. The molecule has 0 saturated carbocycles. The minimum absolute atomic E-state index is 0.123. The minimum Gasteiger partial charge on any atom is -0.454 e. The predicted octanol–water partition coefficient (Wildman–Crippen LogP) is 3.52. The molecule has 3 heterocycles. The number of carbonyl (C=O) groups excluding carboxylic acids is 2. The van der Waals surface area contributed by atoms with E-state index in [1.165, 1.54) is 16.9 Å². The van der Waals surface area contributed by atoms with E-state index in [0.717, 1.165) is 32.5 Å². The number of nitrogens with one attached hydrogen (secondary N) is 2. The van der Waals surface area contributed by atoms with Crippen molar-refractivity contribution in [2.45, 2.75) is 25.4 Å². The smallest absolute Gasteiger partial charge is 0.271 e. The summed E-state index contributed by atoms with van der Waals surface area (Å²) in [5.41, 5.74) is 2.05. The molecule has 33 heavy (non-hydrogen) atoms. The molecule has 0 aliphatic carbocycles. The number of fused-ring (bicyclic) bond motifs is 1. The van der Waals surface area contributed by atoms with Crippen LogP contribution in [0.15, 0.2) is 53.9 Å². The second kappa shape index (κ2) is 9.60. The molecule has 2 aliphatic heterocycles. The van der Waals surface area contributed by atoms with Gasteiger partial charge in [-0.1, -0.05) is 30.3 Å². The number of hydrogen-bond acceptors (Lipinski definition) is 7. The van der Waals surface area contributed by atoms with E-state index in [1.54, 1.807) is 23.6 Å². The predicted molar refractivity (Wildman–Crippen MR) is 125 cm³/mol. The van der Waals surface area contributed by atoms with Gasteiger partial charge in [0.1, 0.15) is 5.69 Å². The first-order chi connectivity index (χ1) is 16.1. The summed E-state index contributed by atoms with van der Waals surface area (Å²) < 4.78 is 10.6. The van der Waals surface area contributed by atoms with Crippen molar-refractivity contribution in [3.63, 3.8) is 0 Å². The second-order valence-electron chi connectivity index (χ2n) is 8.07. The number of likely N-dealkylation sites (tertiary alicyclic amines) is 1. The molecular formula is C24H24N4O4S. The summed E-state index contributed by atoms with van der Waals surface area (Å²) in [6, 6.07) is 15.5. The molecule has 2 amide bonds. The Bertz CT molecular complexity index is 1140. The topological polar surface area (TPSA) is 92.8 Å². The summed E-state index contributed by atoms with van der Waals surface area (Å²) in [4.78, 5) is 31.9. The Morgan fingerprint density at radius 2 is 1.82 bits per heavy atom. The third-order valence-corrected chi connectivity index (χ3v) is 6.52. The average molecular weight is 465 g/mol. The van der Waals surface area contributed by atoms with E-state index in [9.17, 15) is 9.59 Å². The van der Waals surface area contributed by atoms with Crippen LogP contribution >= 0.6 is 11.3 Å². The quantitative estimate of drug-likeness (QED) is 0.580. The van der Waals surface area contributed by atoms with Gasteiger partial charge in [-0.15, -0.1) is 11.3 Å². The lowest BCUT2D eigenvalue weighted by atomic mass is 10.0. The van der Waals surface area contributed by atoms with Crippen LogP contribution in [0.3, 0.4) is 0 Å². The van der Waals surface area contributed by atoms with Crippen molar-refractivity contribution < 1.29 is 19.1 Å². The van der Waals surface area contributed by atoms with Gasteiger partial charge in [0.15, 0.2) is 16.6 Å². The number of piperidine rings is 1. The molecule has 9 heteroatoms. The number of hydrogen-bond donors (Lipinski definition) is 2. The number of benzene rings is 2. The standard InChI is InChI=1S/C24H24N4O4S/c29-22(17-6-7-20-21(12-17)32-15-31-20)27-24-26-19(14-33-24)23(30)25-18-8-10-28(11-9-18)13-16-4-2-1-3-5-16/h1-7,12,14,18H,8-11,13,15H2,(H,25,30)(H,26,27,29). The van der Waals surface area contributed by atoms with Crippen LogP contribution in [0.5, 0.6) is 11.5 Å². The highest BCUT2D eigenvalue weighted by atomic mass is 32.1. The molecule has 5 rings (SSSR count). The Morgan fingerprint density at radius 3 is 2.64 bits per heavy atom. The van der Waals surface area contributed by atoms with Crippen molar-refractivity contribution in [1.82, 2.24) is 15.2 Å². The fourth-order valence-electron chi connectivity index (χ4n) is 3.98. The molecule has 3 aromatic rings. The first kappa shape index (κ1) is 21.4. The largest absolute Gasteiger partial charge is 0.454 e. The van der Waals surface area contributed by atoms with Crippen molar-refractivity contribution in [1.29, 1.82) is 0 Å². The average Bonchev–Trinajstić information content (AvgIpc) is 3.50. The van der Waals surface area contributed by atoms with E-state index in [1.807, 2.05) is 6.07 Å². The maximum atomic E-state index is 12.7. The second-order valence-corrected chi connectivity index (χ2v) is 8.93. The lowest BCUT2D eigenvalue weighted by Crippen LogP contribution is -2.44. The molecule has 2 aliphatic rings. The van der Waals surface area contributed by atoms with Crippen molar-refractivity contribution in [3.8, 4) is 11.5 Å². The van der Waals surface area contributed by atoms with E-state index < -0.39 is 0 Å². The molecule has 2 N–H and O–H groups in total. The Labute approximate surface area is 195 Å². The fraction of sp³-hybridized carbons (Fsp3) is 0.292. The van der Waals surface area contributed by atoms with E-state index in [-0.39, 0.29) is 24.6 Å². The highest BCUT2D eigenvalue weighted by Gasteiger charge is 2.23. The van der Waals surface area contributed by atoms with Gasteiger partial charge in [-0.2, -0.15) is 0 Å². The number of carbonyl (C=O) groups is 2. The third-order valence-electron chi connectivity index (χ3n) is 5.76. The molecule has 8 nitrogen and oxygen atoms in total. The zero-order valence-electron chi connectivity index (χ0n) is 18.0. The van der Waals surface area contributed by atoms with Crippen molar-refractivity contribution >= 4 is 28.3 Å². The van der Waals surface area contributed by atoms with Gasteiger partial charge in [0.25, 0.3) is 11.8 Å². The zero-order valence-corrected chi connectivity index (χ0v) is 18.8. The summed E-state index contributed by atoms with van der Waals surface area (Å²) in [6.07, 6.45) is 1.80. The van der Waals surface area contributed by atoms with Gasteiger partial charge in [-0.05, 0) is 36.6 Å². The van der Waals surface area contributed by atoms with Gasteiger partial charge >= 0.3 is 0 Å². The van der Waals surface area contributed by atoms with Crippen LogP contribution in [-0.4, -0.2) is 47.6 Å². The number of aromatic nitrogens is 1. The summed E-state index contributed by atoms with van der Waals surface area (Å²) >= 11 is 1.22. The summed E-state index contributed by atoms with van der Waals surface area (Å²) in [6.45, 7) is 2.96. The van der Waals surface area contributed by atoms with E-state index in [2.05, 4.69) is 44.8 Å². The van der Waals surface area contributed by atoms with Gasteiger partial charge < -0.3 is 14.8 Å². The van der Waals surface area contributed by atoms with Crippen LogP contribution in [-0.2, 0) is 6.54 Å². The molecule has 0 atom stereocenters. The summed E-state index contributed by atoms with van der Waals surface area (Å²) in [5, 5.41) is 7.86. The normalized spacial score (nSPS) is 15.9. The van der Waals surface area contributed by atoms with E-state index in [0.29, 0.717) is 27.9 Å². The highest BCUT2D eigenvalue weighted by molar-refractivity contribution is 7.14. The lowest BCUT2D eigenvalue weighted by molar-refractivity contribution is 0.0903. The van der Waals surface area contributed by atoms with Gasteiger partial charge in [-0.3, -0.25) is 19.8 Å². The minimum atomic E-state index is -0.319. The Kier molecular flexibility index (Phi) is 6.23. The van der Waals surface area contributed by atoms with Crippen molar-refractivity contribution in [2.24, 2.45) is 0 Å². The van der Waals surface area contributed by atoms with Gasteiger partial charge in [0.05, 0.1) is 0 Å².